The van der Waals surface area contributed by atoms with E-state index < -0.39 is 0 Å². The molecule has 0 saturated carbocycles. The minimum atomic E-state index is 0.0650. The second-order valence-electron chi connectivity index (χ2n) is 2.80. The normalized spacial score (nSPS) is 10.3. The first kappa shape index (κ1) is 9.92. The molecule has 0 aliphatic carbocycles. The predicted octanol–water partition coefficient (Wildman–Crippen LogP) is 0.661. The van der Waals surface area contributed by atoms with Crippen molar-refractivity contribution in [3.63, 3.8) is 0 Å². The maximum absolute atomic E-state index is 11.2. The summed E-state index contributed by atoms with van der Waals surface area (Å²) in [5.74, 6) is 1.000. The number of aryl methyl sites for hydroxylation is 1. The highest BCUT2D eigenvalue weighted by Gasteiger charge is 2.05. The van der Waals surface area contributed by atoms with Crippen LogP contribution in [0, 0.1) is 0 Å². The summed E-state index contributed by atoms with van der Waals surface area (Å²) in [4.78, 5) is 15.3. The third-order valence-electron chi connectivity index (χ3n) is 1.77. The van der Waals surface area contributed by atoms with E-state index in [9.17, 15) is 4.79 Å². The highest BCUT2D eigenvalue weighted by molar-refractivity contribution is 5.79. The average Bonchev–Trinajstić information content (AvgIpc) is 2.52. The van der Waals surface area contributed by atoms with Crippen LogP contribution in [0.25, 0.3) is 0 Å². The van der Waals surface area contributed by atoms with Crippen LogP contribution in [0.15, 0.2) is 12.4 Å². The first-order chi connectivity index (χ1) is 6.27. The molecule has 0 radical (unpaired) electrons. The van der Waals surface area contributed by atoms with Crippen molar-refractivity contribution in [2.45, 2.75) is 19.9 Å². The molecule has 1 heterocycles. The van der Waals surface area contributed by atoms with E-state index in [1.165, 1.54) is 7.11 Å². The van der Waals surface area contributed by atoms with Crippen LogP contribution in [0.2, 0.25) is 0 Å². The van der Waals surface area contributed by atoms with E-state index in [2.05, 4.69) is 4.98 Å². The van der Waals surface area contributed by atoms with E-state index in [4.69, 9.17) is 4.74 Å². The van der Waals surface area contributed by atoms with Gasteiger partial charge in [-0.15, -0.1) is 0 Å². The molecule has 1 aromatic heterocycles. The molecular weight excluding hydrogens is 168 g/mol. The molecule has 0 aromatic carbocycles. The number of methoxy groups -OCH3 is 1. The fraction of sp³-hybridized carbons (Fsp3) is 0.556. The fourth-order valence-corrected chi connectivity index (χ4v) is 1.20. The summed E-state index contributed by atoms with van der Waals surface area (Å²) in [5, 5.41) is 0. The number of ether oxygens (including phenoxy) is 1. The number of carbonyl (C=O) groups is 1. The highest BCUT2D eigenvalue weighted by Crippen LogP contribution is 1.98. The molecule has 1 rings (SSSR count). The van der Waals surface area contributed by atoms with Crippen LogP contribution in [0.3, 0.4) is 0 Å². The topological polar surface area (TPSA) is 44.1 Å². The number of hydrogen-bond donors (Lipinski definition) is 0. The van der Waals surface area contributed by atoms with Gasteiger partial charge in [0.1, 0.15) is 12.4 Å². The van der Waals surface area contributed by atoms with Gasteiger partial charge >= 0.3 is 0 Å². The summed E-state index contributed by atoms with van der Waals surface area (Å²) in [6.07, 6.45) is 4.36. The Hall–Kier alpha value is -1.16. The zero-order valence-electron chi connectivity index (χ0n) is 7.99. The van der Waals surface area contributed by atoms with Crippen LogP contribution in [0.4, 0.5) is 0 Å². The predicted molar refractivity (Wildman–Crippen MR) is 48.5 cm³/mol. The Labute approximate surface area is 77.5 Å². The molecule has 0 saturated heterocycles. The molecule has 13 heavy (non-hydrogen) atoms. The van der Waals surface area contributed by atoms with Gasteiger partial charge in [0.25, 0.3) is 0 Å². The average molecular weight is 182 g/mol. The van der Waals surface area contributed by atoms with Gasteiger partial charge < -0.3 is 9.30 Å². The molecule has 0 unspecified atom stereocenters. The number of aromatic nitrogens is 2. The van der Waals surface area contributed by atoms with Gasteiger partial charge in [-0.25, -0.2) is 4.98 Å². The first-order valence-electron chi connectivity index (χ1n) is 4.28. The number of ketones is 1. The zero-order chi connectivity index (χ0) is 9.68. The Morgan fingerprint density at radius 1 is 1.69 bits per heavy atom. The van der Waals surface area contributed by atoms with E-state index >= 15 is 0 Å². The molecule has 0 amide bonds. The standard InChI is InChI=1S/C9H14N2O2/c1-3-9-10-4-5-11(9)6-8(12)7-13-2/h4-5H,3,6-7H2,1-2H3. The smallest absolute Gasteiger partial charge is 0.178 e. The van der Waals surface area contributed by atoms with Gasteiger partial charge in [-0.3, -0.25) is 4.79 Å². The van der Waals surface area contributed by atoms with E-state index in [0.717, 1.165) is 12.2 Å². The van der Waals surface area contributed by atoms with Crippen molar-refractivity contribution in [3.8, 4) is 0 Å². The molecule has 0 atom stereocenters. The second-order valence-corrected chi connectivity index (χ2v) is 2.80. The van der Waals surface area contributed by atoms with Crippen LogP contribution in [0.1, 0.15) is 12.7 Å². The maximum atomic E-state index is 11.2. The van der Waals surface area contributed by atoms with Crippen molar-refractivity contribution in [1.82, 2.24) is 9.55 Å². The minimum Gasteiger partial charge on any atom is -0.377 e. The lowest BCUT2D eigenvalue weighted by Gasteiger charge is -2.04. The molecule has 72 valence electrons. The molecule has 0 aliphatic rings. The SMILES string of the molecule is CCc1nccn1CC(=O)COC. The lowest BCUT2D eigenvalue weighted by molar-refractivity contribution is -0.123. The number of rotatable bonds is 5. The molecule has 0 spiro atoms. The van der Waals surface area contributed by atoms with Crippen molar-refractivity contribution in [1.29, 1.82) is 0 Å². The maximum Gasteiger partial charge on any atom is 0.178 e. The van der Waals surface area contributed by atoms with E-state index in [0.29, 0.717) is 6.54 Å². The quantitative estimate of drug-likeness (QED) is 0.672. The number of nitrogens with zero attached hydrogens (tertiary/aromatic N) is 2. The molecular formula is C9H14N2O2. The number of carbonyl (C=O) groups excluding carboxylic acids is 1. The van der Waals surface area contributed by atoms with Gasteiger partial charge in [0, 0.05) is 25.9 Å². The number of hydrogen-bond acceptors (Lipinski definition) is 3. The summed E-state index contributed by atoms with van der Waals surface area (Å²) < 4.78 is 6.59. The minimum absolute atomic E-state index is 0.0650. The van der Waals surface area contributed by atoms with Gasteiger partial charge in [0.15, 0.2) is 5.78 Å². The summed E-state index contributed by atoms with van der Waals surface area (Å²) in [6, 6.07) is 0. The highest BCUT2D eigenvalue weighted by atomic mass is 16.5. The molecule has 0 aliphatic heterocycles. The molecule has 0 fully saturated rings. The van der Waals surface area contributed by atoms with Crippen LogP contribution in [-0.2, 0) is 22.5 Å². The van der Waals surface area contributed by atoms with Gasteiger partial charge in [0.05, 0.1) is 6.54 Å². The number of Topliss-reactive ketones (excluding diaryl/α,β-unsaturated/α-hetero) is 1. The lowest BCUT2D eigenvalue weighted by Crippen LogP contribution is -2.16. The molecule has 4 nitrogen and oxygen atoms in total. The molecule has 0 N–H and O–H groups in total. The third kappa shape index (κ3) is 2.66. The van der Waals surface area contributed by atoms with Crippen molar-refractivity contribution >= 4 is 5.78 Å². The van der Waals surface area contributed by atoms with E-state index in [-0.39, 0.29) is 12.4 Å². The van der Waals surface area contributed by atoms with E-state index in [1.807, 2.05) is 17.7 Å². The Bertz CT molecular complexity index is 281. The van der Waals surface area contributed by atoms with Crippen LogP contribution in [0.5, 0.6) is 0 Å². The largest absolute Gasteiger partial charge is 0.377 e. The van der Waals surface area contributed by atoms with Crippen LogP contribution in [-0.4, -0.2) is 29.1 Å². The monoisotopic (exact) mass is 182 g/mol. The second kappa shape index (κ2) is 4.77. The van der Waals surface area contributed by atoms with Crippen molar-refractivity contribution < 1.29 is 9.53 Å². The first-order valence-corrected chi connectivity index (χ1v) is 4.28. The molecule has 4 heteroatoms. The summed E-state index contributed by atoms with van der Waals surface area (Å²) in [5.41, 5.74) is 0. The summed E-state index contributed by atoms with van der Waals surface area (Å²) in [6.45, 7) is 2.54. The summed E-state index contributed by atoms with van der Waals surface area (Å²) in [7, 11) is 1.52. The Morgan fingerprint density at radius 2 is 2.46 bits per heavy atom. The number of imidazole rings is 1. The van der Waals surface area contributed by atoms with Gasteiger partial charge in [-0.1, -0.05) is 6.92 Å². The van der Waals surface area contributed by atoms with Crippen LogP contribution < -0.4 is 0 Å². The lowest BCUT2D eigenvalue weighted by atomic mass is 10.4. The Morgan fingerprint density at radius 3 is 3.08 bits per heavy atom. The molecule has 0 bridgehead atoms. The van der Waals surface area contributed by atoms with Crippen molar-refractivity contribution in [2.24, 2.45) is 0 Å². The van der Waals surface area contributed by atoms with Gasteiger partial charge in [-0.2, -0.15) is 0 Å². The van der Waals surface area contributed by atoms with E-state index in [1.54, 1.807) is 6.20 Å². The van der Waals surface area contributed by atoms with Crippen molar-refractivity contribution in [2.75, 3.05) is 13.7 Å². The third-order valence-corrected chi connectivity index (χ3v) is 1.77. The fourth-order valence-electron chi connectivity index (χ4n) is 1.20. The summed E-state index contributed by atoms with van der Waals surface area (Å²) >= 11 is 0. The zero-order valence-corrected chi connectivity index (χ0v) is 7.99. The van der Waals surface area contributed by atoms with Gasteiger partial charge in [0.2, 0.25) is 0 Å². The molecule has 1 aromatic rings. The van der Waals surface area contributed by atoms with Gasteiger partial charge in [-0.05, 0) is 0 Å². The van der Waals surface area contributed by atoms with Crippen LogP contribution >= 0.6 is 0 Å². The Kier molecular flexibility index (Phi) is 3.64. The Balaban J connectivity index is 2.57. The van der Waals surface area contributed by atoms with Crippen molar-refractivity contribution in [3.05, 3.63) is 18.2 Å².